The molecule has 0 saturated heterocycles. The van der Waals surface area contributed by atoms with Gasteiger partial charge in [0, 0.05) is 18.7 Å². The summed E-state index contributed by atoms with van der Waals surface area (Å²) in [5, 5.41) is 5.11. The molecule has 7 heteroatoms. The molecule has 0 spiro atoms. The van der Waals surface area contributed by atoms with E-state index < -0.39 is 6.61 Å². The van der Waals surface area contributed by atoms with E-state index >= 15 is 0 Å². The molecule has 0 aliphatic rings. The zero-order valence-corrected chi connectivity index (χ0v) is 16.5. The van der Waals surface area contributed by atoms with Crippen molar-refractivity contribution in [3.05, 3.63) is 59.7 Å². The molecule has 0 fully saturated rings. The van der Waals surface area contributed by atoms with Crippen molar-refractivity contribution >= 4 is 10.8 Å². The second-order valence-corrected chi connectivity index (χ2v) is 6.28. The second-order valence-electron chi connectivity index (χ2n) is 6.28. The first-order chi connectivity index (χ1) is 14.1. The summed E-state index contributed by atoms with van der Waals surface area (Å²) in [5.74, 6) is 1.78. The fourth-order valence-electron chi connectivity index (χ4n) is 3.27. The predicted octanol–water partition coefficient (Wildman–Crippen LogP) is 4.76. The number of hydrogen-bond donors (Lipinski definition) is 1. The Hall–Kier alpha value is -3.06. The lowest BCUT2D eigenvalue weighted by atomic mass is 10.0. The molecule has 0 amide bonds. The van der Waals surface area contributed by atoms with Crippen molar-refractivity contribution in [3.63, 3.8) is 0 Å². The number of methoxy groups -OCH3 is 3. The van der Waals surface area contributed by atoms with Crippen LogP contribution >= 0.6 is 0 Å². The van der Waals surface area contributed by atoms with Crippen LogP contribution in [0.25, 0.3) is 10.8 Å². The van der Waals surface area contributed by atoms with E-state index in [1.807, 2.05) is 36.4 Å². The van der Waals surface area contributed by atoms with Crippen LogP contribution in [0.3, 0.4) is 0 Å². The maximum absolute atomic E-state index is 12.8. The average Bonchev–Trinajstić information content (AvgIpc) is 2.73. The van der Waals surface area contributed by atoms with Crippen LogP contribution in [0.1, 0.15) is 11.1 Å². The molecule has 0 heterocycles. The molecule has 1 N–H and O–H groups in total. The lowest BCUT2D eigenvalue weighted by Crippen LogP contribution is -2.15. The molecule has 0 aliphatic carbocycles. The Morgan fingerprint density at radius 1 is 0.828 bits per heavy atom. The van der Waals surface area contributed by atoms with E-state index in [9.17, 15) is 8.78 Å². The van der Waals surface area contributed by atoms with Gasteiger partial charge in [-0.3, -0.25) is 0 Å². The molecule has 0 aromatic heterocycles. The van der Waals surface area contributed by atoms with Gasteiger partial charge < -0.3 is 24.3 Å². The molecule has 5 nitrogen and oxygen atoms in total. The van der Waals surface area contributed by atoms with Gasteiger partial charge in [-0.25, -0.2) is 0 Å². The zero-order chi connectivity index (χ0) is 20.8. The van der Waals surface area contributed by atoms with E-state index in [-0.39, 0.29) is 5.75 Å². The van der Waals surface area contributed by atoms with Crippen LogP contribution in [-0.4, -0.2) is 27.9 Å². The smallest absolute Gasteiger partial charge is 0.387 e. The quantitative estimate of drug-likeness (QED) is 0.558. The van der Waals surface area contributed by atoms with Gasteiger partial charge in [0.1, 0.15) is 5.75 Å². The number of ether oxygens (including phenoxy) is 4. The summed E-state index contributed by atoms with van der Waals surface area (Å²) in [6, 6.07) is 14.6. The SMILES string of the molecule is COc1cc(CNCc2c(OC(F)F)ccc3ccccc23)cc(OC)c1OC. The Morgan fingerprint density at radius 3 is 2.14 bits per heavy atom. The summed E-state index contributed by atoms with van der Waals surface area (Å²) >= 11 is 0. The first-order valence-electron chi connectivity index (χ1n) is 9.02. The number of halogens is 2. The van der Waals surface area contributed by atoms with Crippen molar-refractivity contribution in [2.45, 2.75) is 19.7 Å². The van der Waals surface area contributed by atoms with Gasteiger partial charge in [0.2, 0.25) is 5.75 Å². The number of alkyl halides is 2. The van der Waals surface area contributed by atoms with E-state index in [2.05, 4.69) is 5.32 Å². The van der Waals surface area contributed by atoms with Crippen LogP contribution in [0, 0.1) is 0 Å². The topological polar surface area (TPSA) is 49.0 Å². The molecule has 29 heavy (non-hydrogen) atoms. The standard InChI is InChI=1S/C22H23F2NO4/c1-26-19-10-14(11-20(27-2)21(19)28-3)12-25-13-17-16-7-5-4-6-15(16)8-9-18(17)29-22(23)24/h4-11,22,25H,12-13H2,1-3H3. The molecular formula is C22H23F2NO4. The third-order valence-corrected chi connectivity index (χ3v) is 4.57. The average molecular weight is 403 g/mol. The number of nitrogens with one attached hydrogen (secondary N) is 1. The normalized spacial score (nSPS) is 11.0. The molecule has 0 bridgehead atoms. The largest absolute Gasteiger partial charge is 0.493 e. The summed E-state index contributed by atoms with van der Waals surface area (Å²) in [4.78, 5) is 0. The third kappa shape index (κ3) is 4.68. The molecule has 0 unspecified atom stereocenters. The highest BCUT2D eigenvalue weighted by atomic mass is 19.3. The Morgan fingerprint density at radius 2 is 1.52 bits per heavy atom. The van der Waals surface area contributed by atoms with Gasteiger partial charge in [0.05, 0.1) is 21.3 Å². The van der Waals surface area contributed by atoms with E-state index in [0.717, 1.165) is 16.3 Å². The van der Waals surface area contributed by atoms with Gasteiger partial charge in [-0.15, -0.1) is 0 Å². The highest BCUT2D eigenvalue weighted by Gasteiger charge is 2.15. The minimum atomic E-state index is -2.88. The zero-order valence-electron chi connectivity index (χ0n) is 16.5. The fourth-order valence-corrected chi connectivity index (χ4v) is 3.27. The summed E-state index contributed by atoms with van der Waals surface area (Å²) in [5.41, 5.74) is 1.58. The van der Waals surface area contributed by atoms with Gasteiger partial charge in [0.25, 0.3) is 0 Å². The van der Waals surface area contributed by atoms with E-state index in [0.29, 0.717) is 35.9 Å². The number of hydrogen-bond acceptors (Lipinski definition) is 5. The predicted molar refractivity (Wildman–Crippen MR) is 107 cm³/mol. The molecule has 3 aromatic rings. The van der Waals surface area contributed by atoms with Crippen LogP contribution in [0.15, 0.2) is 48.5 Å². The lowest BCUT2D eigenvalue weighted by Gasteiger charge is -2.16. The van der Waals surface area contributed by atoms with Crippen LogP contribution in [0.5, 0.6) is 23.0 Å². The monoisotopic (exact) mass is 403 g/mol. The van der Waals surface area contributed by atoms with Crippen LogP contribution < -0.4 is 24.3 Å². The molecule has 0 radical (unpaired) electrons. The number of benzene rings is 3. The molecule has 0 aliphatic heterocycles. The highest BCUT2D eigenvalue weighted by Crippen LogP contribution is 2.38. The lowest BCUT2D eigenvalue weighted by molar-refractivity contribution is -0.0503. The van der Waals surface area contributed by atoms with Gasteiger partial charge in [-0.1, -0.05) is 30.3 Å². The van der Waals surface area contributed by atoms with Gasteiger partial charge >= 0.3 is 6.61 Å². The van der Waals surface area contributed by atoms with Crippen molar-refractivity contribution < 1.29 is 27.7 Å². The van der Waals surface area contributed by atoms with Crippen molar-refractivity contribution in [1.29, 1.82) is 0 Å². The molecule has 154 valence electrons. The first-order valence-corrected chi connectivity index (χ1v) is 9.02. The molecule has 3 rings (SSSR count). The number of rotatable bonds is 9. The van der Waals surface area contributed by atoms with Gasteiger partial charge in [-0.2, -0.15) is 8.78 Å². The Bertz CT molecular complexity index is 953. The molecular weight excluding hydrogens is 380 g/mol. The third-order valence-electron chi connectivity index (χ3n) is 4.57. The summed E-state index contributed by atoms with van der Waals surface area (Å²) < 4.78 is 46.5. The van der Waals surface area contributed by atoms with E-state index in [1.165, 1.54) is 0 Å². The molecule has 0 saturated carbocycles. The fraction of sp³-hybridized carbons (Fsp3) is 0.273. The minimum Gasteiger partial charge on any atom is -0.493 e. The van der Waals surface area contributed by atoms with E-state index in [1.54, 1.807) is 33.5 Å². The molecule has 0 atom stereocenters. The van der Waals surface area contributed by atoms with Crippen LogP contribution in [0.4, 0.5) is 8.78 Å². The summed E-state index contributed by atoms with van der Waals surface area (Å²) in [7, 11) is 4.65. The van der Waals surface area contributed by atoms with Crippen molar-refractivity contribution in [2.24, 2.45) is 0 Å². The Labute approximate surface area is 168 Å². The first kappa shape index (κ1) is 20.7. The van der Waals surface area contributed by atoms with Crippen molar-refractivity contribution in [3.8, 4) is 23.0 Å². The minimum absolute atomic E-state index is 0.163. The Kier molecular flexibility index (Phi) is 6.72. The van der Waals surface area contributed by atoms with Crippen molar-refractivity contribution in [1.82, 2.24) is 5.32 Å². The van der Waals surface area contributed by atoms with Crippen LogP contribution in [-0.2, 0) is 13.1 Å². The Balaban J connectivity index is 1.84. The maximum Gasteiger partial charge on any atom is 0.387 e. The number of fused-ring (bicyclic) bond motifs is 1. The maximum atomic E-state index is 12.8. The molecule has 3 aromatic carbocycles. The highest BCUT2D eigenvalue weighted by molar-refractivity contribution is 5.87. The van der Waals surface area contributed by atoms with Crippen LogP contribution in [0.2, 0.25) is 0 Å². The van der Waals surface area contributed by atoms with Gasteiger partial charge in [-0.05, 0) is 34.5 Å². The van der Waals surface area contributed by atoms with Crippen molar-refractivity contribution in [2.75, 3.05) is 21.3 Å². The van der Waals surface area contributed by atoms with E-state index in [4.69, 9.17) is 18.9 Å². The van der Waals surface area contributed by atoms with Gasteiger partial charge in [0.15, 0.2) is 11.5 Å². The summed E-state index contributed by atoms with van der Waals surface area (Å²) in [6.45, 7) is -2.07. The summed E-state index contributed by atoms with van der Waals surface area (Å²) in [6.07, 6.45) is 0. The second kappa shape index (κ2) is 9.43.